The van der Waals surface area contributed by atoms with Gasteiger partial charge < -0.3 is 9.88 Å². The molecule has 2 rings (SSSR count). The van der Waals surface area contributed by atoms with Gasteiger partial charge in [-0.25, -0.2) is 0 Å². The molecule has 0 aliphatic rings. The molecule has 1 aromatic carbocycles. The Labute approximate surface area is 94.3 Å². The van der Waals surface area contributed by atoms with Gasteiger partial charge in [0.05, 0.1) is 6.54 Å². The van der Waals surface area contributed by atoms with Crippen LogP contribution in [0.15, 0.2) is 30.6 Å². The van der Waals surface area contributed by atoms with Gasteiger partial charge in [0.15, 0.2) is 5.82 Å². The Hall–Kier alpha value is -2.28. The fraction of sp³-hybridized carbons (Fsp3) is 0.167. The lowest BCUT2D eigenvalue weighted by atomic mass is 10.2. The lowest BCUT2D eigenvalue weighted by Crippen LogP contribution is -2.05. The molecule has 0 aliphatic carbocycles. The molecule has 2 aromatic rings. The highest BCUT2D eigenvalue weighted by molar-refractivity contribution is 5.49. The predicted molar refractivity (Wildman–Crippen MR) is 62.7 cm³/mol. The topological polar surface area (TPSA) is 42.7 Å². The highest BCUT2D eigenvalue weighted by Gasteiger charge is 2.00. The van der Waals surface area contributed by atoms with Crippen LogP contribution in [-0.2, 0) is 13.6 Å². The zero-order valence-corrected chi connectivity index (χ0v) is 9.01. The quantitative estimate of drug-likeness (QED) is 0.782. The first-order chi connectivity index (χ1) is 7.79. The summed E-state index contributed by atoms with van der Waals surface area (Å²) in [6, 6.07) is 7.72. The van der Waals surface area contributed by atoms with E-state index < -0.39 is 0 Å². The number of hydrogen-bond donors (Lipinski definition) is 1. The van der Waals surface area contributed by atoms with Crippen molar-refractivity contribution < 1.29 is 0 Å². The Bertz CT molecular complexity index is 522. The molecule has 0 saturated heterocycles. The molecule has 80 valence electrons. The number of aromatic nitrogens is 3. The van der Waals surface area contributed by atoms with E-state index in [9.17, 15) is 0 Å². The minimum Gasteiger partial charge on any atom is -0.378 e. The number of nitrogens with one attached hydrogen (secondary N) is 1. The zero-order valence-electron chi connectivity index (χ0n) is 9.01. The maximum Gasteiger partial charge on any atom is 0.151 e. The number of anilines is 1. The Balaban J connectivity index is 2.05. The molecule has 4 heteroatoms. The van der Waals surface area contributed by atoms with Gasteiger partial charge in [-0.05, 0) is 18.2 Å². The molecule has 0 spiro atoms. The molecular formula is C12H12N4. The molecule has 0 unspecified atom stereocenters. The summed E-state index contributed by atoms with van der Waals surface area (Å²) in [5, 5.41) is 11.0. The standard InChI is InChI=1S/C12H12N4/c1-3-10-5-4-6-11(7-10)13-8-12-15-14-9-16(12)2/h1,4-7,9,13H,8H2,2H3. The summed E-state index contributed by atoms with van der Waals surface area (Å²) in [4.78, 5) is 0. The Kier molecular flexibility index (Phi) is 2.88. The maximum absolute atomic E-state index is 5.33. The van der Waals surface area contributed by atoms with Crippen LogP contribution >= 0.6 is 0 Å². The molecule has 4 nitrogen and oxygen atoms in total. The second kappa shape index (κ2) is 4.49. The average Bonchev–Trinajstić information content (AvgIpc) is 2.72. The fourth-order valence-corrected chi connectivity index (χ4v) is 1.37. The third-order valence-corrected chi connectivity index (χ3v) is 2.29. The fourth-order valence-electron chi connectivity index (χ4n) is 1.37. The number of nitrogens with zero attached hydrogens (tertiary/aromatic N) is 3. The van der Waals surface area contributed by atoms with Crippen LogP contribution in [0, 0.1) is 12.3 Å². The second-order valence-electron chi connectivity index (χ2n) is 3.44. The monoisotopic (exact) mass is 212 g/mol. The smallest absolute Gasteiger partial charge is 0.151 e. The van der Waals surface area contributed by atoms with Crippen LogP contribution in [0.5, 0.6) is 0 Å². The molecule has 0 fully saturated rings. The van der Waals surface area contributed by atoms with Gasteiger partial charge in [-0.3, -0.25) is 0 Å². The van der Waals surface area contributed by atoms with E-state index >= 15 is 0 Å². The third-order valence-electron chi connectivity index (χ3n) is 2.29. The number of aryl methyl sites for hydroxylation is 1. The summed E-state index contributed by atoms with van der Waals surface area (Å²) < 4.78 is 1.87. The number of benzene rings is 1. The summed E-state index contributed by atoms with van der Waals surface area (Å²) in [7, 11) is 1.91. The highest BCUT2D eigenvalue weighted by atomic mass is 15.3. The van der Waals surface area contributed by atoms with E-state index in [1.165, 1.54) is 0 Å². The third kappa shape index (κ3) is 2.20. The lowest BCUT2D eigenvalue weighted by molar-refractivity contribution is 0.812. The molecule has 0 aliphatic heterocycles. The minimum absolute atomic E-state index is 0.629. The molecule has 0 bridgehead atoms. The van der Waals surface area contributed by atoms with E-state index in [2.05, 4.69) is 21.4 Å². The van der Waals surface area contributed by atoms with Gasteiger partial charge in [0.25, 0.3) is 0 Å². The van der Waals surface area contributed by atoms with Crippen LogP contribution in [0.2, 0.25) is 0 Å². The maximum atomic E-state index is 5.33. The first kappa shape index (κ1) is 10.2. The van der Waals surface area contributed by atoms with Crippen molar-refractivity contribution in [3.63, 3.8) is 0 Å². The SMILES string of the molecule is C#Cc1cccc(NCc2nncn2C)c1. The lowest BCUT2D eigenvalue weighted by Gasteiger charge is -2.05. The van der Waals surface area contributed by atoms with Crippen LogP contribution in [0.3, 0.4) is 0 Å². The van der Waals surface area contributed by atoms with E-state index in [0.29, 0.717) is 6.54 Å². The van der Waals surface area contributed by atoms with E-state index in [1.807, 2.05) is 35.9 Å². The van der Waals surface area contributed by atoms with Crippen LogP contribution < -0.4 is 5.32 Å². The molecular weight excluding hydrogens is 200 g/mol. The number of terminal acetylenes is 1. The highest BCUT2D eigenvalue weighted by Crippen LogP contribution is 2.10. The molecule has 1 heterocycles. The Morgan fingerprint density at radius 2 is 2.38 bits per heavy atom. The van der Waals surface area contributed by atoms with Crippen LogP contribution in [0.1, 0.15) is 11.4 Å². The van der Waals surface area contributed by atoms with Crippen molar-refractivity contribution in [2.75, 3.05) is 5.32 Å². The summed E-state index contributed by atoms with van der Waals surface area (Å²) in [6.45, 7) is 0.629. The van der Waals surface area contributed by atoms with E-state index in [-0.39, 0.29) is 0 Å². The van der Waals surface area contributed by atoms with E-state index in [4.69, 9.17) is 6.42 Å². The van der Waals surface area contributed by atoms with Gasteiger partial charge in [0.1, 0.15) is 6.33 Å². The van der Waals surface area contributed by atoms with Gasteiger partial charge in [-0.15, -0.1) is 16.6 Å². The van der Waals surface area contributed by atoms with Gasteiger partial charge in [0, 0.05) is 18.3 Å². The summed E-state index contributed by atoms with van der Waals surface area (Å²) in [6.07, 6.45) is 7.00. The van der Waals surface area contributed by atoms with Crippen LogP contribution in [0.25, 0.3) is 0 Å². The normalized spacial score (nSPS) is 9.75. The molecule has 0 radical (unpaired) electrons. The van der Waals surface area contributed by atoms with E-state index in [0.717, 1.165) is 17.1 Å². The number of hydrogen-bond acceptors (Lipinski definition) is 3. The Morgan fingerprint density at radius 3 is 3.06 bits per heavy atom. The van der Waals surface area contributed by atoms with Crippen molar-refractivity contribution in [2.45, 2.75) is 6.54 Å². The first-order valence-electron chi connectivity index (χ1n) is 4.93. The first-order valence-corrected chi connectivity index (χ1v) is 4.93. The van der Waals surface area contributed by atoms with Crippen LogP contribution in [0.4, 0.5) is 5.69 Å². The second-order valence-corrected chi connectivity index (χ2v) is 3.44. The average molecular weight is 212 g/mol. The summed E-state index contributed by atoms with van der Waals surface area (Å²) >= 11 is 0. The van der Waals surface area contributed by atoms with Crippen molar-refractivity contribution in [3.05, 3.63) is 42.0 Å². The Morgan fingerprint density at radius 1 is 1.50 bits per heavy atom. The van der Waals surface area contributed by atoms with Gasteiger partial charge in [-0.2, -0.15) is 0 Å². The van der Waals surface area contributed by atoms with Gasteiger partial charge in [-0.1, -0.05) is 12.0 Å². The largest absolute Gasteiger partial charge is 0.378 e. The molecule has 1 N–H and O–H groups in total. The molecule has 0 saturated carbocycles. The van der Waals surface area contributed by atoms with Crippen molar-refractivity contribution in [3.8, 4) is 12.3 Å². The summed E-state index contributed by atoms with van der Waals surface area (Å²) in [5.74, 6) is 3.48. The minimum atomic E-state index is 0.629. The molecule has 0 amide bonds. The zero-order chi connectivity index (χ0) is 11.4. The number of rotatable bonds is 3. The molecule has 16 heavy (non-hydrogen) atoms. The predicted octanol–water partition coefficient (Wildman–Crippen LogP) is 1.41. The summed E-state index contributed by atoms with van der Waals surface area (Å²) in [5.41, 5.74) is 1.85. The van der Waals surface area contributed by atoms with Crippen molar-refractivity contribution in [2.24, 2.45) is 7.05 Å². The van der Waals surface area contributed by atoms with Crippen molar-refractivity contribution in [1.29, 1.82) is 0 Å². The molecule has 1 aromatic heterocycles. The van der Waals surface area contributed by atoms with Crippen molar-refractivity contribution >= 4 is 5.69 Å². The van der Waals surface area contributed by atoms with Crippen molar-refractivity contribution in [1.82, 2.24) is 14.8 Å². The van der Waals surface area contributed by atoms with E-state index in [1.54, 1.807) is 6.33 Å². The van der Waals surface area contributed by atoms with Gasteiger partial charge >= 0.3 is 0 Å². The molecule has 0 atom stereocenters. The van der Waals surface area contributed by atoms with Gasteiger partial charge in [0.2, 0.25) is 0 Å². The van der Waals surface area contributed by atoms with Crippen LogP contribution in [-0.4, -0.2) is 14.8 Å².